The first-order chi connectivity index (χ1) is 8.45. The summed E-state index contributed by atoms with van der Waals surface area (Å²) in [5.74, 6) is 0.0129. The van der Waals surface area contributed by atoms with Gasteiger partial charge >= 0.3 is 0 Å². The minimum absolute atomic E-state index is 0.0129. The van der Waals surface area contributed by atoms with Gasteiger partial charge in [0, 0.05) is 19.5 Å². The van der Waals surface area contributed by atoms with E-state index in [1.165, 1.54) is 4.31 Å². The molecule has 0 spiro atoms. The standard InChI is InChI=1S/C12H18N2O2S2/c1-2-14(9-8-12(13)17)18(15,16)10-11-6-4-3-5-7-11/h3-7H,2,8-10H2,1H3,(H2,13,17). The number of sulfonamides is 1. The zero-order valence-electron chi connectivity index (χ0n) is 10.4. The third-order valence-corrected chi connectivity index (χ3v) is 4.68. The number of thiocarbonyl (C=S) groups is 1. The summed E-state index contributed by atoms with van der Waals surface area (Å²) in [5, 5.41) is 0. The molecule has 4 nitrogen and oxygen atoms in total. The molecule has 0 radical (unpaired) electrons. The van der Waals surface area contributed by atoms with E-state index in [2.05, 4.69) is 0 Å². The van der Waals surface area contributed by atoms with Crippen LogP contribution in [0.5, 0.6) is 0 Å². The van der Waals surface area contributed by atoms with Crippen LogP contribution in [0.4, 0.5) is 0 Å². The Morgan fingerprint density at radius 1 is 1.33 bits per heavy atom. The zero-order chi connectivity index (χ0) is 13.6. The molecule has 1 aromatic carbocycles. The Morgan fingerprint density at radius 2 is 1.94 bits per heavy atom. The molecule has 0 bridgehead atoms. The molecule has 0 saturated heterocycles. The van der Waals surface area contributed by atoms with E-state index >= 15 is 0 Å². The summed E-state index contributed by atoms with van der Waals surface area (Å²) in [6.45, 7) is 2.58. The van der Waals surface area contributed by atoms with Gasteiger partial charge in [-0.3, -0.25) is 0 Å². The van der Waals surface area contributed by atoms with E-state index in [0.29, 0.717) is 24.5 Å². The van der Waals surface area contributed by atoms with Crippen LogP contribution in [0.15, 0.2) is 30.3 Å². The molecule has 18 heavy (non-hydrogen) atoms. The first kappa shape index (κ1) is 15.1. The number of nitrogens with two attached hydrogens (primary N) is 1. The summed E-state index contributed by atoms with van der Waals surface area (Å²) >= 11 is 4.77. The first-order valence-corrected chi connectivity index (χ1v) is 7.77. The van der Waals surface area contributed by atoms with Crippen molar-refractivity contribution in [2.75, 3.05) is 13.1 Å². The largest absolute Gasteiger partial charge is 0.393 e. The Balaban J connectivity index is 2.74. The van der Waals surface area contributed by atoms with Crippen LogP contribution in [-0.2, 0) is 15.8 Å². The lowest BCUT2D eigenvalue weighted by molar-refractivity contribution is 0.436. The Hall–Kier alpha value is -0.980. The number of benzene rings is 1. The van der Waals surface area contributed by atoms with Gasteiger partial charge in [0.05, 0.1) is 10.7 Å². The Morgan fingerprint density at radius 3 is 2.44 bits per heavy atom. The number of nitrogens with zero attached hydrogens (tertiary/aromatic N) is 1. The van der Waals surface area contributed by atoms with E-state index < -0.39 is 10.0 Å². The third-order valence-electron chi connectivity index (χ3n) is 2.55. The fourth-order valence-corrected chi connectivity index (χ4v) is 3.26. The lowest BCUT2D eigenvalue weighted by Crippen LogP contribution is -2.34. The molecule has 0 unspecified atom stereocenters. The second-order valence-corrected chi connectivity index (χ2v) is 6.44. The fraction of sp³-hybridized carbons (Fsp3) is 0.417. The Labute approximate surface area is 114 Å². The molecule has 1 rings (SSSR count). The lowest BCUT2D eigenvalue weighted by Gasteiger charge is -2.20. The van der Waals surface area contributed by atoms with Crippen molar-refractivity contribution in [3.63, 3.8) is 0 Å². The lowest BCUT2D eigenvalue weighted by atomic mass is 10.2. The molecule has 0 aromatic heterocycles. The predicted molar refractivity (Wildman–Crippen MR) is 77.7 cm³/mol. The molecule has 0 fully saturated rings. The highest BCUT2D eigenvalue weighted by atomic mass is 32.2. The summed E-state index contributed by atoms with van der Waals surface area (Å²) in [4.78, 5) is 0.336. The molecule has 2 N–H and O–H groups in total. The molecule has 0 heterocycles. The smallest absolute Gasteiger partial charge is 0.218 e. The Kier molecular flexibility index (Phi) is 5.71. The second-order valence-electron chi connectivity index (χ2n) is 3.95. The quantitative estimate of drug-likeness (QED) is 0.772. The molecule has 100 valence electrons. The van der Waals surface area contributed by atoms with Crippen LogP contribution < -0.4 is 5.73 Å². The van der Waals surface area contributed by atoms with Gasteiger partial charge in [-0.05, 0) is 5.56 Å². The molecule has 0 atom stereocenters. The highest BCUT2D eigenvalue weighted by molar-refractivity contribution is 7.88. The average Bonchev–Trinajstić information content (AvgIpc) is 2.29. The molecule has 6 heteroatoms. The van der Waals surface area contributed by atoms with Gasteiger partial charge in [-0.1, -0.05) is 49.5 Å². The summed E-state index contributed by atoms with van der Waals surface area (Å²) < 4.78 is 25.8. The summed E-state index contributed by atoms with van der Waals surface area (Å²) in [6, 6.07) is 9.13. The van der Waals surface area contributed by atoms with Crippen molar-refractivity contribution in [2.24, 2.45) is 5.73 Å². The van der Waals surface area contributed by atoms with Crippen LogP contribution >= 0.6 is 12.2 Å². The monoisotopic (exact) mass is 286 g/mol. The molecule has 1 aromatic rings. The van der Waals surface area contributed by atoms with Gasteiger partial charge in [0.2, 0.25) is 10.0 Å². The van der Waals surface area contributed by atoms with Crippen molar-refractivity contribution in [3.8, 4) is 0 Å². The van der Waals surface area contributed by atoms with Gasteiger partial charge in [-0.15, -0.1) is 0 Å². The van der Waals surface area contributed by atoms with E-state index in [1.807, 2.05) is 25.1 Å². The van der Waals surface area contributed by atoms with E-state index in [1.54, 1.807) is 12.1 Å². The van der Waals surface area contributed by atoms with E-state index in [4.69, 9.17) is 18.0 Å². The van der Waals surface area contributed by atoms with Crippen LogP contribution in [0.25, 0.3) is 0 Å². The molecule has 0 saturated carbocycles. The molecule has 0 amide bonds. The molecule has 0 aliphatic carbocycles. The second kappa shape index (κ2) is 6.82. The van der Waals surface area contributed by atoms with Crippen LogP contribution in [0.1, 0.15) is 18.9 Å². The summed E-state index contributed by atoms with van der Waals surface area (Å²) in [5.41, 5.74) is 6.18. The van der Waals surface area contributed by atoms with Crippen LogP contribution in [-0.4, -0.2) is 30.8 Å². The van der Waals surface area contributed by atoms with Gasteiger partial charge in [-0.2, -0.15) is 0 Å². The van der Waals surface area contributed by atoms with Crippen molar-refractivity contribution >= 4 is 27.2 Å². The molecule has 0 aliphatic rings. The van der Waals surface area contributed by atoms with Gasteiger partial charge in [0.15, 0.2) is 0 Å². The average molecular weight is 286 g/mol. The zero-order valence-corrected chi connectivity index (χ0v) is 12.0. The van der Waals surface area contributed by atoms with Gasteiger partial charge in [-0.25, -0.2) is 12.7 Å². The third kappa shape index (κ3) is 4.72. The number of hydrogen-bond acceptors (Lipinski definition) is 3. The van der Waals surface area contributed by atoms with Crippen LogP contribution in [0.2, 0.25) is 0 Å². The van der Waals surface area contributed by atoms with E-state index in [0.717, 1.165) is 5.56 Å². The normalized spacial score (nSPS) is 11.7. The van der Waals surface area contributed by atoms with E-state index in [-0.39, 0.29) is 5.75 Å². The van der Waals surface area contributed by atoms with Crippen molar-refractivity contribution in [1.29, 1.82) is 0 Å². The maximum atomic E-state index is 12.2. The first-order valence-electron chi connectivity index (χ1n) is 5.75. The van der Waals surface area contributed by atoms with Crippen molar-refractivity contribution in [1.82, 2.24) is 4.31 Å². The van der Waals surface area contributed by atoms with Crippen molar-refractivity contribution < 1.29 is 8.42 Å². The molecule has 0 aliphatic heterocycles. The van der Waals surface area contributed by atoms with Crippen molar-refractivity contribution in [2.45, 2.75) is 19.1 Å². The minimum Gasteiger partial charge on any atom is -0.393 e. The molecular weight excluding hydrogens is 268 g/mol. The topological polar surface area (TPSA) is 63.4 Å². The van der Waals surface area contributed by atoms with E-state index in [9.17, 15) is 8.42 Å². The van der Waals surface area contributed by atoms with Gasteiger partial charge < -0.3 is 5.73 Å². The number of rotatable bonds is 7. The maximum Gasteiger partial charge on any atom is 0.218 e. The predicted octanol–water partition coefficient (Wildman–Crippen LogP) is 1.51. The van der Waals surface area contributed by atoms with Gasteiger partial charge in [0.1, 0.15) is 0 Å². The number of hydrogen-bond donors (Lipinski definition) is 1. The van der Waals surface area contributed by atoms with Gasteiger partial charge in [0.25, 0.3) is 0 Å². The van der Waals surface area contributed by atoms with Crippen molar-refractivity contribution in [3.05, 3.63) is 35.9 Å². The van der Waals surface area contributed by atoms with Crippen LogP contribution in [0.3, 0.4) is 0 Å². The maximum absolute atomic E-state index is 12.2. The fourth-order valence-electron chi connectivity index (χ4n) is 1.60. The highest BCUT2D eigenvalue weighted by Gasteiger charge is 2.20. The SMILES string of the molecule is CCN(CCC(N)=S)S(=O)(=O)Cc1ccccc1. The highest BCUT2D eigenvalue weighted by Crippen LogP contribution is 2.11. The van der Waals surface area contributed by atoms with Crippen LogP contribution in [0, 0.1) is 0 Å². The Bertz CT molecular complexity index is 486. The minimum atomic E-state index is -3.30. The summed E-state index contributed by atoms with van der Waals surface area (Å²) in [7, 11) is -3.30. The summed E-state index contributed by atoms with van der Waals surface area (Å²) in [6.07, 6.45) is 0.414. The molecular formula is C12H18N2O2S2.